The van der Waals surface area contributed by atoms with Crippen LogP contribution >= 0.6 is 11.6 Å². The molecule has 2 rings (SSSR count). The van der Waals surface area contributed by atoms with Crippen molar-refractivity contribution < 1.29 is 14.2 Å². The van der Waals surface area contributed by atoms with Crippen LogP contribution in [0, 0.1) is 11.3 Å². The molecule has 5 heteroatoms. The highest BCUT2D eigenvalue weighted by Crippen LogP contribution is 2.39. The lowest BCUT2D eigenvalue weighted by molar-refractivity contribution is 0.146. The highest BCUT2D eigenvalue weighted by molar-refractivity contribution is 6.32. The number of nitrogens with zero attached hydrogens (tertiary/aromatic N) is 1. The zero-order chi connectivity index (χ0) is 11.5. The van der Waals surface area contributed by atoms with Crippen LogP contribution in [-0.2, 0) is 4.74 Å². The standard InChI is InChI=1S/C11H10ClNO3/c1-14-10(6-13)7-4-8(12)11-9(5-7)15-2-3-16-11/h4-5,10H,2-3H2,1H3. The number of rotatable bonds is 2. The summed E-state index contributed by atoms with van der Waals surface area (Å²) >= 11 is 6.04. The van der Waals surface area contributed by atoms with Crippen LogP contribution < -0.4 is 9.47 Å². The molecule has 1 aromatic rings. The Morgan fingerprint density at radius 3 is 2.88 bits per heavy atom. The first-order valence-electron chi connectivity index (χ1n) is 4.77. The zero-order valence-electron chi connectivity index (χ0n) is 8.70. The lowest BCUT2D eigenvalue weighted by Gasteiger charge is -2.21. The van der Waals surface area contributed by atoms with Crippen LogP contribution in [0.3, 0.4) is 0 Å². The van der Waals surface area contributed by atoms with Crippen LogP contribution in [0.1, 0.15) is 11.7 Å². The van der Waals surface area contributed by atoms with E-state index < -0.39 is 6.10 Å². The van der Waals surface area contributed by atoms with Crippen molar-refractivity contribution in [1.29, 1.82) is 5.26 Å². The second-order valence-electron chi connectivity index (χ2n) is 3.27. The van der Waals surface area contributed by atoms with Crippen molar-refractivity contribution in [2.75, 3.05) is 20.3 Å². The molecule has 1 aromatic carbocycles. The Morgan fingerprint density at radius 2 is 2.19 bits per heavy atom. The van der Waals surface area contributed by atoms with Crippen molar-refractivity contribution in [2.24, 2.45) is 0 Å². The largest absolute Gasteiger partial charge is 0.486 e. The number of methoxy groups -OCH3 is 1. The average Bonchev–Trinajstić information content (AvgIpc) is 2.31. The van der Waals surface area contributed by atoms with Crippen molar-refractivity contribution in [2.45, 2.75) is 6.10 Å². The van der Waals surface area contributed by atoms with Gasteiger partial charge in [-0.05, 0) is 12.1 Å². The molecule has 0 saturated heterocycles. The molecule has 0 aromatic heterocycles. The first-order chi connectivity index (χ1) is 7.76. The van der Waals surface area contributed by atoms with Crippen LogP contribution in [0.15, 0.2) is 12.1 Å². The minimum atomic E-state index is -0.645. The summed E-state index contributed by atoms with van der Waals surface area (Å²) in [5.41, 5.74) is 0.666. The van der Waals surface area contributed by atoms with E-state index in [0.717, 1.165) is 0 Å². The number of hydrogen-bond donors (Lipinski definition) is 0. The van der Waals surface area contributed by atoms with Crippen molar-refractivity contribution >= 4 is 11.6 Å². The van der Waals surface area contributed by atoms with Gasteiger partial charge in [0, 0.05) is 12.7 Å². The third-order valence-electron chi connectivity index (χ3n) is 2.27. The van der Waals surface area contributed by atoms with E-state index in [4.69, 9.17) is 31.1 Å². The van der Waals surface area contributed by atoms with Gasteiger partial charge in [-0.15, -0.1) is 0 Å². The van der Waals surface area contributed by atoms with Gasteiger partial charge in [0.2, 0.25) is 0 Å². The van der Waals surface area contributed by atoms with Gasteiger partial charge in [-0.1, -0.05) is 11.6 Å². The molecule has 1 aliphatic rings. The second kappa shape index (κ2) is 4.60. The maximum absolute atomic E-state index is 8.88. The predicted octanol–water partition coefficient (Wildman–Crippen LogP) is 2.32. The second-order valence-corrected chi connectivity index (χ2v) is 3.68. The molecule has 1 aliphatic heterocycles. The molecule has 0 aliphatic carbocycles. The molecule has 84 valence electrons. The van der Waals surface area contributed by atoms with Crippen LogP contribution in [-0.4, -0.2) is 20.3 Å². The van der Waals surface area contributed by atoms with E-state index >= 15 is 0 Å². The van der Waals surface area contributed by atoms with Gasteiger partial charge in [0.1, 0.15) is 13.2 Å². The molecular weight excluding hydrogens is 230 g/mol. The summed E-state index contributed by atoms with van der Waals surface area (Å²) in [6.45, 7) is 0.967. The number of fused-ring (bicyclic) bond motifs is 1. The smallest absolute Gasteiger partial charge is 0.179 e. The van der Waals surface area contributed by atoms with Gasteiger partial charge >= 0.3 is 0 Å². The number of hydrogen-bond acceptors (Lipinski definition) is 4. The van der Waals surface area contributed by atoms with Crippen molar-refractivity contribution in [1.82, 2.24) is 0 Å². The predicted molar refractivity (Wildman–Crippen MR) is 57.8 cm³/mol. The minimum absolute atomic E-state index is 0.435. The summed E-state index contributed by atoms with van der Waals surface area (Å²) in [4.78, 5) is 0. The summed E-state index contributed by atoms with van der Waals surface area (Å²) in [7, 11) is 1.47. The Labute approximate surface area is 98.3 Å². The zero-order valence-corrected chi connectivity index (χ0v) is 9.45. The molecule has 4 nitrogen and oxygen atoms in total. The SMILES string of the molecule is COC(C#N)c1cc(Cl)c2c(c1)OCCO2. The molecule has 0 fully saturated rings. The molecule has 0 radical (unpaired) electrons. The molecule has 0 saturated carbocycles. The molecule has 1 atom stereocenters. The summed E-state index contributed by atoms with van der Waals surface area (Å²) in [5, 5.41) is 9.32. The van der Waals surface area contributed by atoms with Crippen molar-refractivity contribution in [3.8, 4) is 17.6 Å². The Morgan fingerprint density at radius 1 is 1.44 bits per heavy atom. The van der Waals surface area contributed by atoms with Gasteiger partial charge in [-0.3, -0.25) is 0 Å². The van der Waals surface area contributed by atoms with E-state index in [1.165, 1.54) is 7.11 Å². The average molecular weight is 240 g/mol. The molecular formula is C11H10ClNO3. The fraction of sp³-hybridized carbons (Fsp3) is 0.364. The van der Waals surface area contributed by atoms with Gasteiger partial charge in [0.25, 0.3) is 0 Å². The highest BCUT2D eigenvalue weighted by Gasteiger charge is 2.20. The molecule has 0 N–H and O–H groups in total. The van der Waals surface area contributed by atoms with Gasteiger partial charge in [-0.25, -0.2) is 0 Å². The minimum Gasteiger partial charge on any atom is -0.486 e. The van der Waals surface area contributed by atoms with Crippen LogP contribution in [0.4, 0.5) is 0 Å². The normalized spacial score (nSPS) is 15.3. The molecule has 1 heterocycles. The topological polar surface area (TPSA) is 51.5 Å². The number of ether oxygens (including phenoxy) is 3. The molecule has 0 spiro atoms. The van der Waals surface area contributed by atoms with Crippen LogP contribution in [0.25, 0.3) is 0 Å². The van der Waals surface area contributed by atoms with E-state index in [1.807, 2.05) is 6.07 Å². The van der Waals surface area contributed by atoms with E-state index in [-0.39, 0.29) is 0 Å². The maximum atomic E-state index is 8.88. The number of nitriles is 1. The Hall–Kier alpha value is -1.44. The molecule has 16 heavy (non-hydrogen) atoms. The van der Waals surface area contributed by atoms with Gasteiger partial charge in [0.15, 0.2) is 17.6 Å². The fourth-order valence-electron chi connectivity index (χ4n) is 1.55. The first-order valence-corrected chi connectivity index (χ1v) is 5.15. The highest BCUT2D eigenvalue weighted by atomic mass is 35.5. The van der Waals surface area contributed by atoms with Gasteiger partial charge in [0.05, 0.1) is 11.1 Å². The number of halogens is 1. The Kier molecular flexibility index (Phi) is 3.18. The van der Waals surface area contributed by atoms with Gasteiger partial charge in [-0.2, -0.15) is 5.26 Å². The monoisotopic (exact) mass is 239 g/mol. The quantitative estimate of drug-likeness (QED) is 0.795. The third kappa shape index (κ3) is 1.92. The van der Waals surface area contributed by atoms with Crippen molar-refractivity contribution in [3.63, 3.8) is 0 Å². The van der Waals surface area contributed by atoms with E-state index in [1.54, 1.807) is 12.1 Å². The first kappa shape index (κ1) is 11.1. The van der Waals surface area contributed by atoms with Crippen LogP contribution in [0.5, 0.6) is 11.5 Å². The van der Waals surface area contributed by atoms with E-state index in [2.05, 4.69) is 0 Å². The van der Waals surface area contributed by atoms with E-state index in [0.29, 0.717) is 35.3 Å². The summed E-state index contributed by atoms with van der Waals surface area (Å²) in [6, 6.07) is 5.40. The summed E-state index contributed by atoms with van der Waals surface area (Å²) in [5.74, 6) is 1.09. The van der Waals surface area contributed by atoms with Crippen molar-refractivity contribution in [3.05, 3.63) is 22.7 Å². The number of benzene rings is 1. The Balaban J connectivity index is 2.43. The maximum Gasteiger partial charge on any atom is 0.179 e. The lowest BCUT2D eigenvalue weighted by atomic mass is 10.1. The molecule has 0 bridgehead atoms. The third-order valence-corrected chi connectivity index (χ3v) is 2.56. The fourth-order valence-corrected chi connectivity index (χ4v) is 1.82. The lowest BCUT2D eigenvalue weighted by Crippen LogP contribution is -2.16. The Bertz CT molecular complexity index is 442. The van der Waals surface area contributed by atoms with Crippen LogP contribution in [0.2, 0.25) is 5.02 Å². The van der Waals surface area contributed by atoms with Gasteiger partial charge < -0.3 is 14.2 Å². The summed E-state index contributed by atoms with van der Waals surface area (Å²) < 4.78 is 15.8. The summed E-state index contributed by atoms with van der Waals surface area (Å²) in [6.07, 6.45) is -0.645. The molecule has 0 amide bonds. The van der Waals surface area contributed by atoms with E-state index in [9.17, 15) is 0 Å². The molecule has 1 unspecified atom stereocenters.